The van der Waals surface area contributed by atoms with E-state index in [9.17, 15) is 0 Å². The molecule has 0 bridgehead atoms. The molecule has 0 amide bonds. The van der Waals surface area contributed by atoms with Crippen molar-refractivity contribution in [1.29, 1.82) is 0 Å². The number of hydrogen-bond donors (Lipinski definition) is 1. The first-order valence-corrected chi connectivity index (χ1v) is 6.07. The molecular formula is C14H23NO2. The van der Waals surface area contributed by atoms with E-state index < -0.39 is 0 Å². The minimum absolute atomic E-state index is 0.497. The quantitative estimate of drug-likeness (QED) is 0.827. The Hall–Kier alpha value is -1.22. The van der Waals surface area contributed by atoms with Crippen LogP contribution in [0.25, 0.3) is 0 Å². The van der Waals surface area contributed by atoms with E-state index in [0.29, 0.717) is 12.5 Å². The summed E-state index contributed by atoms with van der Waals surface area (Å²) >= 11 is 0. The summed E-state index contributed by atoms with van der Waals surface area (Å²) in [6.07, 6.45) is 2.02. The third-order valence-electron chi connectivity index (χ3n) is 3.22. The van der Waals surface area contributed by atoms with Crippen LogP contribution in [-0.4, -0.2) is 20.8 Å². The summed E-state index contributed by atoms with van der Waals surface area (Å²) in [6, 6.07) is 4.09. The fourth-order valence-corrected chi connectivity index (χ4v) is 1.98. The van der Waals surface area contributed by atoms with Gasteiger partial charge in [0.1, 0.15) is 11.5 Å². The first-order chi connectivity index (χ1) is 8.15. The minimum Gasteiger partial charge on any atom is -0.496 e. The molecule has 0 aliphatic carbocycles. The van der Waals surface area contributed by atoms with Gasteiger partial charge in [-0.3, -0.25) is 0 Å². The van der Waals surface area contributed by atoms with Crippen LogP contribution in [0.5, 0.6) is 11.5 Å². The van der Waals surface area contributed by atoms with Crippen molar-refractivity contribution >= 4 is 0 Å². The van der Waals surface area contributed by atoms with Crippen LogP contribution in [0.4, 0.5) is 0 Å². The lowest BCUT2D eigenvalue weighted by Crippen LogP contribution is -2.16. The Morgan fingerprint density at radius 3 is 2.29 bits per heavy atom. The molecule has 1 rings (SSSR count). The summed E-state index contributed by atoms with van der Waals surface area (Å²) in [5.41, 5.74) is 8.02. The van der Waals surface area contributed by atoms with Gasteiger partial charge in [0, 0.05) is 0 Å². The fraction of sp³-hybridized carbons (Fsp3) is 0.571. The molecule has 0 radical (unpaired) electrons. The first-order valence-electron chi connectivity index (χ1n) is 6.07. The standard InChI is InChI=1S/C14H23NO2/c1-5-11(9-15)7-12-8-13(16-3)10(2)6-14(12)17-4/h6,8,11H,5,7,9,15H2,1-4H3. The maximum atomic E-state index is 5.75. The van der Waals surface area contributed by atoms with Crippen molar-refractivity contribution in [1.82, 2.24) is 0 Å². The van der Waals surface area contributed by atoms with Crippen LogP contribution < -0.4 is 15.2 Å². The van der Waals surface area contributed by atoms with Gasteiger partial charge in [0.25, 0.3) is 0 Å². The van der Waals surface area contributed by atoms with Gasteiger partial charge < -0.3 is 15.2 Å². The molecule has 2 N–H and O–H groups in total. The number of aryl methyl sites for hydroxylation is 1. The monoisotopic (exact) mass is 237 g/mol. The second kappa shape index (κ2) is 6.50. The van der Waals surface area contributed by atoms with Crippen molar-refractivity contribution in [2.75, 3.05) is 20.8 Å². The Bertz CT molecular complexity index is 359. The molecule has 3 nitrogen and oxygen atoms in total. The summed E-state index contributed by atoms with van der Waals surface area (Å²) in [4.78, 5) is 0. The Balaban J connectivity index is 3.03. The third-order valence-corrected chi connectivity index (χ3v) is 3.22. The van der Waals surface area contributed by atoms with E-state index in [1.165, 1.54) is 5.56 Å². The normalized spacial score (nSPS) is 12.3. The minimum atomic E-state index is 0.497. The maximum Gasteiger partial charge on any atom is 0.122 e. The molecule has 0 aliphatic heterocycles. The highest BCUT2D eigenvalue weighted by atomic mass is 16.5. The highest BCUT2D eigenvalue weighted by molar-refractivity contribution is 5.46. The highest BCUT2D eigenvalue weighted by Crippen LogP contribution is 2.30. The number of ether oxygens (including phenoxy) is 2. The molecule has 1 aromatic carbocycles. The van der Waals surface area contributed by atoms with Gasteiger partial charge in [-0.2, -0.15) is 0 Å². The van der Waals surface area contributed by atoms with Crippen LogP contribution in [0.3, 0.4) is 0 Å². The zero-order valence-electron chi connectivity index (χ0n) is 11.2. The van der Waals surface area contributed by atoms with E-state index in [2.05, 4.69) is 13.0 Å². The summed E-state index contributed by atoms with van der Waals surface area (Å²) in [6.45, 7) is 4.89. The van der Waals surface area contributed by atoms with Gasteiger partial charge in [0.2, 0.25) is 0 Å². The molecule has 96 valence electrons. The van der Waals surface area contributed by atoms with Crippen molar-refractivity contribution in [3.05, 3.63) is 23.3 Å². The molecule has 1 aromatic rings. The number of hydrogen-bond acceptors (Lipinski definition) is 3. The van der Waals surface area contributed by atoms with Crippen molar-refractivity contribution in [2.45, 2.75) is 26.7 Å². The SMILES string of the molecule is CCC(CN)Cc1cc(OC)c(C)cc1OC. The lowest BCUT2D eigenvalue weighted by atomic mass is 9.95. The Morgan fingerprint density at radius 2 is 1.82 bits per heavy atom. The summed E-state index contributed by atoms with van der Waals surface area (Å²) in [5.74, 6) is 2.33. The summed E-state index contributed by atoms with van der Waals surface area (Å²) < 4.78 is 10.8. The van der Waals surface area contributed by atoms with E-state index in [0.717, 1.165) is 29.9 Å². The second-order valence-corrected chi connectivity index (χ2v) is 4.35. The van der Waals surface area contributed by atoms with Crippen LogP contribution in [0.1, 0.15) is 24.5 Å². The number of rotatable bonds is 6. The Morgan fingerprint density at radius 1 is 1.18 bits per heavy atom. The first kappa shape index (κ1) is 13.8. The van der Waals surface area contributed by atoms with Crippen molar-refractivity contribution in [2.24, 2.45) is 11.7 Å². The Kier molecular flexibility index (Phi) is 5.29. The maximum absolute atomic E-state index is 5.75. The third kappa shape index (κ3) is 3.37. The average Bonchev–Trinajstić information content (AvgIpc) is 2.36. The Labute approximate surface area is 104 Å². The lowest BCUT2D eigenvalue weighted by molar-refractivity contribution is 0.391. The van der Waals surface area contributed by atoms with Crippen molar-refractivity contribution in [3.63, 3.8) is 0 Å². The van der Waals surface area contributed by atoms with Gasteiger partial charge in [-0.1, -0.05) is 13.3 Å². The number of benzene rings is 1. The van der Waals surface area contributed by atoms with E-state index in [-0.39, 0.29) is 0 Å². The second-order valence-electron chi connectivity index (χ2n) is 4.35. The van der Waals surface area contributed by atoms with Crippen molar-refractivity contribution in [3.8, 4) is 11.5 Å². The molecule has 3 heteroatoms. The van der Waals surface area contributed by atoms with Crippen molar-refractivity contribution < 1.29 is 9.47 Å². The lowest BCUT2D eigenvalue weighted by Gasteiger charge is -2.17. The predicted molar refractivity (Wildman–Crippen MR) is 70.8 cm³/mol. The predicted octanol–water partition coefficient (Wildman–Crippen LogP) is 2.54. The molecule has 0 aliphatic rings. The zero-order chi connectivity index (χ0) is 12.8. The molecule has 0 spiro atoms. The fourth-order valence-electron chi connectivity index (χ4n) is 1.98. The summed E-state index contributed by atoms with van der Waals surface area (Å²) in [7, 11) is 3.40. The molecule has 0 saturated heterocycles. The van der Waals surface area contributed by atoms with Crippen LogP contribution >= 0.6 is 0 Å². The molecule has 1 unspecified atom stereocenters. The molecule has 0 heterocycles. The zero-order valence-corrected chi connectivity index (χ0v) is 11.2. The number of methoxy groups -OCH3 is 2. The van der Waals surface area contributed by atoms with Crippen LogP contribution in [0.2, 0.25) is 0 Å². The smallest absolute Gasteiger partial charge is 0.122 e. The molecule has 0 aromatic heterocycles. The van der Waals surface area contributed by atoms with Crippen LogP contribution in [-0.2, 0) is 6.42 Å². The topological polar surface area (TPSA) is 44.5 Å². The van der Waals surface area contributed by atoms with E-state index in [1.807, 2.05) is 13.0 Å². The van der Waals surface area contributed by atoms with Gasteiger partial charge in [-0.05, 0) is 49.1 Å². The van der Waals surface area contributed by atoms with Gasteiger partial charge in [0.05, 0.1) is 14.2 Å². The van der Waals surface area contributed by atoms with Gasteiger partial charge >= 0.3 is 0 Å². The van der Waals surface area contributed by atoms with E-state index in [1.54, 1.807) is 14.2 Å². The van der Waals surface area contributed by atoms with Gasteiger partial charge in [-0.15, -0.1) is 0 Å². The molecule has 17 heavy (non-hydrogen) atoms. The molecule has 0 saturated carbocycles. The molecule has 0 fully saturated rings. The summed E-state index contributed by atoms with van der Waals surface area (Å²) in [5, 5.41) is 0. The largest absolute Gasteiger partial charge is 0.496 e. The van der Waals surface area contributed by atoms with E-state index >= 15 is 0 Å². The van der Waals surface area contributed by atoms with Crippen LogP contribution in [0, 0.1) is 12.8 Å². The highest BCUT2D eigenvalue weighted by Gasteiger charge is 2.12. The van der Waals surface area contributed by atoms with Gasteiger partial charge in [0.15, 0.2) is 0 Å². The molecule has 1 atom stereocenters. The average molecular weight is 237 g/mol. The van der Waals surface area contributed by atoms with Gasteiger partial charge in [-0.25, -0.2) is 0 Å². The van der Waals surface area contributed by atoms with Crippen LogP contribution in [0.15, 0.2) is 12.1 Å². The number of nitrogens with two attached hydrogens (primary N) is 1. The van der Waals surface area contributed by atoms with E-state index in [4.69, 9.17) is 15.2 Å². The molecular weight excluding hydrogens is 214 g/mol.